The minimum absolute atomic E-state index is 0.0824. The van der Waals surface area contributed by atoms with Crippen molar-refractivity contribution in [3.63, 3.8) is 0 Å². The second-order valence-corrected chi connectivity index (χ2v) is 7.31. The zero-order chi connectivity index (χ0) is 15.6. The van der Waals surface area contributed by atoms with E-state index >= 15 is 0 Å². The van der Waals surface area contributed by atoms with Crippen molar-refractivity contribution >= 4 is 38.1 Å². The summed E-state index contributed by atoms with van der Waals surface area (Å²) in [6, 6.07) is 7.28. The van der Waals surface area contributed by atoms with Crippen molar-refractivity contribution in [2.24, 2.45) is 0 Å². The van der Waals surface area contributed by atoms with E-state index in [0.29, 0.717) is 5.15 Å². The minimum atomic E-state index is -3.23. The van der Waals surface area contributed by atoms with E-state index in [9.17, 15) is 8.42 Å². The Morgan fingerprint density at radius 3 is 2.62 bits per heavy atom. The van der Waals surface area contributed by atoms with Crippen molar-refractivity contribution in [1.29, 1.82) is 0 Å². The molecular weight excluding hydrogens is 310 g/mol. The van der Waals surface area contributed by atoms with Crippen LogP contribution < -0.4 is 10.0 Å². The summed E-state index contributed by atoms with van der Waals surface area (Å²) in [6.45, 7) is 3.74. The van der Waals surface area contributed by atoms with Gasteiger partial charge in [0, 0.05) is 29.4 Å². The van der Waals surface area contributed by atoms with Crippen LogP contribution in [-0.2, 0) is 10.0 Å². The van der Waals surface area contributed by atoms with Gasteiger partial charge in [0.1, 0.15) is 5.15 Å². The lowest BCUT2D eigenvalue weighted by Crippen LogP contribution is -2.42. The molecule has 2 N–H and O–H groups in total. The number of hydrogen-bond acceptors (Lipinski definition) is 4. The Balaban J connectivity index is 2.23. The van der Waals surface area contributed by atoms with E-state index in [-0.39, 0.29) is 12.1 Å². The van der Waals surface area contributed by atoms with E-state index in [4.69, 9.17) is 11.6 Å². The molecule has 0 saturated heterocycles. The average Bonchev–Trinajstić information content (AvgIpc) is 2.36. The highest BCUT2D eigenvalue weighted by atomic mass is 35.5. The van der Waals surface area contributed by atoms with Crippen molar-refractivity contribution in [2.45, 2.75) is 25.9 Å². The summed E-state index contributed by atoms with van der Waals surface area (Å²) in [5, 5.41) is 5.69. The van der Waals surface area contributed by atoms with Crippen LogP contribution in [0.4, 0.5) is 5.69 Å². The Morgan fingerprint density at radius 2 is 1.95 bits per heavy atom. The smallest absolute Gasteiger partial charge is 0.209 e. The highest BCUT2D eigenvalue weighted by Crippen LogP contribution is 2.25. The molecule has 2 atom stereocenters. The predicted octanol–water partition coefficient (Wildman–Crippen LogP) is 2.63. The number of halogens is 1. The number of pyridine rings is 1. The molecule has 2 aromatic rings. The molecule has 1 aromatic heterocycles. The first-order chi connectivity index (χ1) is 9.76. The number of aromatic nitrogens is 1. The predicted molar refractivity (Wildman–Crippen MR) is 87.3 cm³/mol. The van der Waals surface area contributed by atoms with Crippen molar-refractivity contribution in [1.82, 2.24) is 9.71 Å². The monoisotopic (exact) mass is 327 g/mol. The number of rotatable bonds is 5. The summed E-state index contributed by atoms with van der Waals surface area (Å²) in [5.74, 6) is 0. The van der Waals surface area contributed by atoms with Crippen LogP contribution >= 0.6 is 11.6 Å². The second-order valence-electron chi connectivity index (χ2n) is 5.15. The fourth-order valence-electron chi connectivity index (χ4n) is 2.08. The lowest BCUT2D eigenvalue weighted by atomic mass is 10.1. The number of anilines is 1. The van der Waals surface area contributed by atoms with Crippen LogP contribution in [0.25, 0.3) is 10.8 Å². The van der Waals surface area contributed by atoms with Gasteiger partial charge in [-0.05, 0) is 31.4 Å². The van der Waals surface area contributed by atoms with E-state index in [2.05, 4.69) is 15.0 Å². The number of nitrogens with one attached hydrogen (secondary N) is 2. The summed E-state index contributed by atoms with van der Waals surface area (Å²) in [5.41, 5.74) is 0.895. The summed E-state index contributed by atoms with van der Waals surface area (Å²) in [4.78, 5) is 4.09. The van der Waals surface area contributed by atoms with Crippen LogP contribution in [0, 0.1) is 0 Å². The molecule has 0 aliphatic heterocycles. The van der Waals surface area contributed by atoms with Gasteiger partial charge >= 0.3 is 0 Å². The zero-order valence-corrected chi connectivity index (χ0v) is 13.7. The molecule has 0 spiro atoms. The number of benzene rings is 1. The Hall–Kier alpha value is -1.37. The van der Waals surface area contributed by atoms with E-state index in [1.165, 1.54) is 0 Å². The maximum atomic E-state index is 11.3. The molecule has 5 nitrogen and oxygen atoms in total. The van der Waals surface area contributed by atoms with Crippen LogP contribution in [0.3, 0.4) is 0 Å². The van der Waals surface area contributed by atoms with Gasteiger partial charge in [-0.15, -0.1) is 0 Å². The SMILES string of the molecule is C[C@H](NS(C)(=O)=O)[C@@H](C)Nc1cccc2cc(Cl)ncc12. The highest BCUT2D eigenvalue weighted by Gasteiger charge is 2.16. The molecule has 2 rings (SSSR count). The molecule has 0 radical (unpaired) electrons. The number of hydrogen-bond donors (Lipinski definition) is 2. The third-order valence-corrected chi connectivity index (χ3v) is 4.27. The normalized spacial score (nSPS) is 14.9. The largest absolute Gasteiger partial charge is 0.380 e. The Labute approximate surface area is 129 Å². The van der Waals surface area contributed by atoms with Gasteiger partial charge < -0.3 is 5.32 Å². The van der Waals surface area contributed by atoms with Gasteiger partial charge in [0.2, 0.25) is 10.0 Å². The lowest BCUT2D eigenvalue weighted by molar-refractivity contribution is 0.542. The molecule has 0 unspecified atom stereocenters. The van der Waals surface area contributed by atoms with Crippen molar-refractivity contribution in [3.05, 3.63) is 35.6 Å². The van der Waals surface area contributed by atoms with Crippen LogP contribution in [0.2, 0.25) is 5.15 Å². The van der Waals surface area contributed by atoms with Crippen LogP contribution in [0.15, 0.2) is 30.5 Å². The van der Waals surface area contributed by atoms with Crippen LogP contribution in [0.5, 0.6) is 0 Å². The van der Waals surface area contributed by atoms with Crippen LogP contribution in [0.1, 0.15) is 13.8 Å². The Morgan fingerprint density at radius 1 is 1.24 bits per heavy atom. The maximum absolute atomic E-state index is 11.3. The molecular formula is C14H18ClN3O2S. The summed E-state index contributed by atoms with van der Waals surface area (Å²) < 4.78 is 25.1. The third kappa shape index (κ3) is 4.30. The van der Waals surface area contributed by atoms with Gasteiger partial charge in [0.25, 0.3) is 0 Å². The highest BCUT2D eigenvalue weighted by molar-refractivity contribution is 7.88. The fourth-order valence-corrected chi connectivity index (χ4v) is 3.13. The lowest BCUT2D eigenvalue weighted by Gasteiger charge is -2.23. The molecule has 1 heterocycles. The molecule has 0 fully saturated rings. The van der Waals surface area contributed by atoms with Gasteiger partial charge in [0.15, 0.2) is 0 Å². The molecule has 21 heavy (non-hydrogen) atoms. The van der Waals surface area contributed by atoms with Crippen molar-refractivity contribution in [2.75, 3.05) is 11.6 Å². The number of sulfonamides is 1. The summed E-state index contributed by atoms with van der Waals surface area (Å²) >= 11 is 5.89. The fraction of sp³-hybridized carbons (Fsp3) is 0.357. The molecule has 0 saturated carbocycles. The molecule has 0 amide bonds. The summed E-state index contributed by atoms with van der Waals surface area (Å²) in [6.07, 6.45) is 2.86. The molecule has 7 heteroatoms. The standard InChI is InChI=1S/C14H18ClN3O2S/c1-9(10(2)18-21(3,19)20)17-13-6-4-5-11-7-14(15)16-8-12(11)13/h4-10,17-18H,1-3H3/t9-,10+/m1/s1. The molecule has 0 aliphatic rings. The van der Waals surface area contributed by atoms with E-state index in [1.807, 2.05) is 32.0 Å². The topological polar surface area (TPSA) is 71.1 Å². The molecule has 0 aliphatic carbocycles. The quantitative estimate of drug-likeness (QED) is 0.828. The second kappa shape index (κ2) is 6.17. The van der Waals surface area contributed by atoms with E-state index < -0.39 is 10.0 Å². The summed E-state index contributed by atoms with van der Waals surface area (Å²) in [7, 11) is -3.23. The van der Waals surface area contributed by atoms with Gasteiger partial charge in [0.05, 0.1) is 6.26 Å². The van der Waals surface area contributed by atoms with Gasteiger partial charge in [-0.2, -0.15) is 0 Å². The van der Waals surface area contributed by atoms with Crippen LogP contribution in [-0.4, -0.2) is 31.7 Å². The van der Waals surface area contributed by atoms with E-state index in [0.717, 1.165) is 22.7 Å². The first kappa shape index (κ1) is 16.0. The third-order valence-electron chi connectivity index (χ3n) is 3.26. The zero-order valence-electron chi connectivity index (χ0n) is 12.1. The molecule has 1 aromatic carbocycles. The Kier molecular flexibility index (Phi) is 4.70. The Bertz CT molecular complexity index is 749. The molecule has 114 valence electrons. The number of nitrogens with zero attached hydrogens (tertiary/aromatic N) is 1. The molecule has 0 bridgehead atoms. The van der Waals surface area contributed by atoms with Gasteiger partial charge in [-0.25, -0.2) is 18.1 Å². The van der Waals surface area contributed by atoms with Gasteiger partial charge in [-0.3, -0.25) is 0 Å². The average molecular weight is 328 g/mol. The van der Waals surface area contributed by atoms with E-state index in [1.54, 1.807) is 12.3 Å². The van der Waals surface area contributed by atoms with Gasteiger partial charge in [-0.1, -0.05) is 23.7 Å². The number of fused-ring (bicyclic) bond motifs is 1. The maximum Gasteiger partial charge on any atom is 0.209 e. The first-order valence-electron chi connectivity index (χ1n) is 6.54. The first-order valence-corrected chi connectivity index (χ1v) is 8.81. The minimum Gasteiger partial charge on any atom is -0.380 e. The van der Waals surface area contributed by atoms with Crippen molar-refractivity contribution in [3.8, 4) is 0 Å². The van der Waals surface area contributed by atoms with Crippen molar-refractivity contribution < 1.29 is 8.42 Å².